The van der Waals surface area contributed by atoms with E-state index in [1.165, 1.54) is 0 Å². The van der Waals surface area contributed by atoms with Crippen molar-refractivity contribution in [1.29, 1.82) is 0 Å². The smallest absolute Gasteiger partial charge is 0.251 e. The number of hydrogen-bond acceptors (Lipinski definition) is 4. The molecule has 0 aliphatic rings. The van der Waals surface area contributed by atoms with Crippen LogP contribution in [0, 0.1) is 0 Å². The number of nitrogens with one attached hydrogen (secondary N) is 1. The van der Waals surface area contributed by atoms with Crippen LogP contribution >= 0.6 is 15.9 Å². The summed E-state index contributed by atoms with van der Waals surface area (Å²) in [5, 5.41) is 3.80. The SMILES string of the molecule is CCN(CC)CCCNC(=O)c1cc(OC)c2cc(Br)oc2c1. The maximum atomic E-state index is 12.3. The quantitative estimate of drug-likeness (QED) is 0.707. The van der Waals surface area contributed by atoms with Gasteiger partial charge in [0.25, 0.3) is 5.91 Å². The fourth-order valence-electron chi connectivity index (χ4n) is 2.52. The lowest BCUT2D eigenvalue weighted by molar-refractivity contribution is 0.0951. The molecule has 1 amide bonds. The minimum absolute atomic E-state index is 0.114. The Morgan fingerprint density at radius 2 is 2.04 bits per heavy atom. The Bertz CT molecular complexity index is 665. The Morgan fingerprint density at radius 1 is 1.30 bits per heavy atom. The van der Waals surface area contributed by atoms with E-state index >= 15 is 0 Å². The van der Waals surface area contributed by atoms with Crippen LogP contribution in [0.1, 0.15) is 30.6 Å². The van der Waals surface area contributed by atoms with Crippen molar-refractivity contribution in [2.75, 3.05) is 33.3 Å². The largest absolute Gasteiger partial charge is 0.496 e. The lowest BCUT2D eigenvalue weighted by Gasteiger charge is -2.17. The molecule has 2 rings (SSSR count). The van der Waals surface area contributed by atoms with Gasteiger partial charge in [-0.3, -0.25) is 4.79 Å². The average Bonchev–Trinajstić information content (AvgIpc) is 2.93. The van der Waals surface area contributed by atoms with Crippen LogP contribution in [-0.4, -0.2) is 44.1 Å². The number of amides is 1. The number of rotatable bonds is 8. The van der Waals surface area contributed by atoms with Crippen molar-refractivity contribution in [3.63, 3.8) is 0 Å². The molecule has 1 aromatic heterocycles. The molecule has 126 valence electrons. The molecular formula is C17H23BrN2O3. The molecule has 2 aromatic rings. The molecular weight excluding hydrogens is 360 g/mol. The minimum Gasteiger partial charge on any atom is -0.496 e. The maximum Gasteiger partial charge on any atom is 0.251 e. The Labute approximate surface area is 145 Å². The predicted octanol–water partition coefficient (Wildman–Crippen LogP) is 3.67. The van der Waals surface area contributed by atoms with Crippen molar-refractivity contribution >= 4 is 32.8 Å². The van der Waals surface area contributed by atoms with Gasteiger partial charge in [-0.15, -0.1) is 0 Å². The van der Waals surface area contributed by atoms with E-state index in [1.54, 1.807) is 19.2 Å². The number of furan rings is 1. The normalized spacial score (nSPS) is 11.2. The average molecular weight is 383 g/mol. The van der Waals surface area contributed by atoms with E-state index in [1.807, 2.05) is 6.07 Å². The molecule has 0 aliphatic carbocycles. The summed E-state index contributed by atoms with van der Waals surface area (Å²) in [6, 6.07) is 5.31. The van der Waals surface area contributed by atoms with Gasteiger partial charge in [0.2, 0.25) is 0 Å². The molecule has 0 saturated heterocycles. The van der Waals surface area contributed by atoms with Gasteiger partial charge in [0, 0.05) is 18.2 Å². The van der Waals surface area contributed by atoms with Crippen LogP contribution in [0.4, 0.5) is 0 Å². The van der Waals surface area contributed by atoms with Gasteiger partial charge >= 0.3 is 0 Å². The summed E-state index contributed by atoms with van der Waals surface area (Å²) < 4.78 is 11.5. The maximum absolute atomic E-state index is 12.3. The van der Waals surface area contributed by atoms with Crippen molar-refractivity contribution < 1.29 is 13.9 Å². The first-order chi connectivity index (χ1) is 11.1. The minimum atomic E-state index is -0.114. The van der Waals surface area contributed by atoms with Crippen LogP contribution in [0.5, 0.6) is 5.75 Å². The summed E-state index contributed by atoms with van der Waals surface area (Å²) in [7, 11) is 1.58. The van der Waals surface area contributed by atoms with Gasteiger partial charge in [-0.1, -0.05) is 13.8 Å². The first kappa shape index (κ1) is 17.8. The Balaban J connectivity index is 2.00. The zero-order valence-corrected chi connectivity index (χ0v) is 15.4. The van der Waals surface area contributed by atoms with Crippen LogP contribution in [0.15, 0.2) is 27.3 Å². The first-order valence-electron chi connectivity index (χ1n) is 7.86. The van der Waals surface area contributed by atoms with Crippen molar-refractivity contribution in [2.24, 2.45) is 0 Å². The van der Waals surface area contributed by atoms with Crippen molar-refractivity contribution in [2.45, 2.75) is 20.3 Å². The zero-order valence-electron chi connectivity index (χ0n) is 13.8. The highest BCUT2D eigenvalue weighted by molar-refractivity contribution is 9.10. The number of hydrogen-bond donors (Lipinski definition) is 1. The number of fused-ring (bicyclic) bond motifs is 1. The molecule has 0 aliphatic heterocycles. The van der Waals surface area contributed by atoms with Crippen LogP contribution in [0.3, 0.4) is 0 Å². The third kappa shape index (κ3) is 4.48. The molecule has 1 N–H and O–H groups in total. The number of halogens is 1. The van der Waals surface area contributed by atoms with E-state index in [4.69, 9.17) is 9.15 Å². The van der Waals surface area contributed by atoms with Crippen molar-refractivity contribution in [1.82, 2.24) is 10.2 Å². The molecule has 5 nitrogen and oxygen atoms in total. The Morgan fingerprint density at radius 3 is 2.70 bits per heavy atom. The highest BCUT2D eigenvalue weighted by Crippen LogP contribution is 2.32. The first-order valence-corrected chi connectivity index (χ1v) is 8.66. The molecule has 0 spiro atoms. The molecule has 0 saturated carbocycles. The lowest BCUT2D eigenvalue weighted by atomic mass is 10.1. The Kier molecular flexibility index (Phi) is 6.47. The van der Waals surface area contributed by atoms with E-state index in [-0.39, 0.29) is 5.91 Å². The molecule has 0 unspecified atom stereocenters. The van der Waals surface area contributed by atoms with E-state index in [9.17, 15) is 4.79 Å². The highest BCUT2D eigenvalue weighted by Gasteiger charge is 2.14. The standard InChI is InChI=1S/C17H23BrN2O3/c1-4-20(5-2)8-6-7-19-17(21)12-9-14(22-3)13-11-16(18)23-15(13)10-12/h9-11H,4-8H2,1-3H3,(H,19,21). The summed E-state index contributed by atoms with van der Waals surface area (Å²) in [6.07, 6.45) is 0.930. The van der Waals surface area contributed by atoms with E-state index < -0.39 is 0 Å². The Hall–Kier alpha value is -1.53. The van der Waals surface area contributed by atoms with Gasteiger partial charge < -0.3 is 19.4 Å². The molecule has 1 aromatic carbocycles. The second-order valence-electron chi connectivity index (χ2n) is 5.28. The third-order valence-electron chi connectivity index (χ3n) is 3.88. The summed E-state index contributed by atoms with van der Waals surface area (Å²) in [4.78, 5) is 14.6. The van der Waals surface area contributed by atoms with E-state index in [0.29, 0.717) is 28.1 Å². The van der Waals surface area contributed by atoms with Gasteiger partial charge in [-0.25, -0.2) is 0 Å². The molecule has 0 atom stereocenters. The van der Waals surface area contributed by atoms with Gasteiger partial charge in [0.05, 0.1) is 12.5 Å². The summed E-state index contributed by atoms with van der Waals surface area (Å²) in [5.41, 5.74) is 1.17. The molecule has 6 heteroatoms. The number of nitrogens with zero attached hydrogens (tertiary/aromatic N) is 1. The topological polar surface area (TPSA) is 54.7 Å². The summed E-state index contributed by atoms with van der Waals surface area (Å²) >= 11 is 3.30. The highest BCUT2D eigenvalue weighted by atomic mass is 79.9. The van der Waals surface area contributed by atoms with Gasteiger partial charge in [0.1, 0.15) is 11.3 Å². The fourth-order valence-corrected chi connectivity index (χ4v) is 2.93. The number of ether oxygens (including phenoxy) is 1. The van der Waals surface area contributed by atoms with Crippen LogP contribution < -0.4 is 10.1 Å². The molecule has 23 heavy (non-hydrogen) atoms. The molecule has 1 heterocycles. The summed E-state index contributed by atoms with van der Waals surface area (Å²) in [5.74, 6) is 0.516. The van der Waals surface area contributed by atoms with Crippen LogP contribution in [0.25, 0.3) is 11.0 Å². The fraction of sp³-hybridized carbons (Fsp3) is 0.471. The predicted molar refractivity (Wildman–Crippen MR) is 95.2 cm³/mol. The number of carbonyl (C=O) groups is 1. The molecule has 0 bridgehead atoms. The van der Waals surface area contributed by atoms with Crippen molar-refractivity contribution in [3.05, 3.63) is 28.4 Å². The number of benzene rings is 1. The number of carbonyl (C=O) groups excluding carboxylic acids is 1. The van der Waals surface area contributed by atoms with Gasteiger partial charge in [-0.05, 0) is 54.1 Å². The van der Waals surface area contributed by atoms with Gasteiger partial charge in [-0.2, -0.15) is 0 Å². The van der Waals surface area contributed by atoms with Crippen molar-refractivity contribution in [3.8, 4) is 5.75 Å². The second-order valence-corrected chi connectivity index (χ2v) is 6.06. The monoisotopic (exact) mass is 382 g/mol. The lowest BCUT2D eigenvalue weighted by Crippen LogP contribution is -2.29. The second kappa shape index (κ2) is 8.36. The third-order valence-corrected chi connectivity index (χ3v) is 4.27. The van der Waals surface area contributed by atoms with E-state index in [2.05, 4.69) is 40.0 Å². The zero-order chi connectivity index (χ0) is 16.8. The van der Waals surface area contributed by atoms with E-state index in [0.717, 1.165) is 31.4 Å². The van der Waals surface area contributed by atoms with Crippen LogP contribution in [-0.2, 0) is 0 Å². The molecule has 0 fully saturated rings. The number of methoxy groups -OCH3 is 1. The van der Waals surface area contributed by atoms with Crippen LogP contribution in [0.2, 0.25) is 0 Å². The molecule has 0 radical (unpaired) electrons. The summed E-state index contributed by atoms with van der Waals surface area (Å²) in [6.45, 7) is 7.99. The van der Waals surface area contributed by atoms with Gasteiger partial charge in [0.15, 0.2) is 4.67 Å².